The standard InChI is InChI=1S/C21H23N3O3S/c1-15-13-17(3)20(14-16(15)2)28(26,27)22-11-12-24-21(25)10-9-19(23-24)18-7-5-4-6-8-18/h4-10,13-14,22H,11-12H2,1-3H3. The first-order valence-corrected chi connectivity index (χ1v) is 10.5. The number of sulfonamides is 1. The van der Waals surface area contributed by atoms with Gasteiger partial charge in [-0.2, -0.15) is 5.10 Å². The average Bonchev–Trinajstić information content (AvgIpc) is 2.66. The van der Waals surface area contributed by atoms with Gasteiger partial charge in [-0.05, 0) is 49.6 Å². The fraction of sp³-hybridized carbons (Fsp3) is 0.238. The highest BCUT2D eigenvalue weighted by molar-refractivity contribution is 7.89. The summed E-state index contributed by atoms with van der Waals surface area (Å²) < 4.78 is 29.2. The third kappa shape index (κ3) is 4.37. The number of aryl methyl sites for hydroxylation is 3. The van der Waals surface area contributed by atoms with Crippen molar-refractivity contribution in [1.82, 2.24) is 14.5 Å². The second-order valence-corrected chi connectivity index (χ2v) is 8.48. The first-order valence-electron chi connectivity index (χ1n) is 8.99. The van der Waals surface area contributed by atoms with E-state index in [1.807, 2.05) is 50.2 Å². The molecule has 0 amide bonds. The molecule has 0 saturated carbocycles. The normalized spacial score (nSPS) is 11.5. The minimum atomic E-state index is -3.67. The average molecular weight is 398 g/mol. The minimum absolute atomic E-state index is 0.0693. The Balaban J connectivity index is 1.76. The van der Waals surface area contributed by atoms with Gasteiger partial charge >= 0.3 is 0 Å². The molecule has 1 N–H and O–H groups in total. The summed E-state index contributed by atoms with van der Waals surface area (Å²) in [6, 6.07) is 16.1. The first kappa shape index (κ1) is 20.0. The molecule has 0 aliphatic carbocycles. The van der Waals surface area contributed by atoms with Crippen molar-refractivity contribution in [1.29, 1.82) is 0 Å². The summed E-state index contributed by atoms with van der Waals surface area (Å²) in [5, 5.41) is 4.35. The molecule has 0 unspecified atom stereocenters. The van der Waals surface area contributed by atoms with Crippen LogP contribution >= 0.6 is 0 Å². The van der Waals surface area contributed by atoms with E-state index in [0.717, 1.165) is 16.7 Å². The van der Waals surface area contributed by atoms with Gasteiger partial charge in [-0.1, -0.05) is 36.4 Å². The summed E-state index contributed by atoms with van der Waals surface area (Å²) in [5.74, 6) is 0. The zero-order valence-corrected chi connectivity index (χ0v) is 17.0. The Morgan fingerprint density at radius 3 is 2.32 bits per heavy atom. The Kier molecular flexibility index (Phi) is 5.76. The zero-order valence-electron chi connectivity index (χ0n) is 16.1. The summed E-state index contributed by atoms with van der Waals surface area (Å²) in [4.78, 5) is 12.3. The summed E-state index contributed by atoms with van der Waals surface area (Å²) >= 11 is 0. The molecule has 0 saturated heterocycles. The van der Waals surface area contributed by atoms with Crippen molar-refractivity contribution in [2.24, 2.45) is 0 Å². The molecule has 0 atom stereocenters. The van der Waals surface area contributed by atoms with Gasteiger partial charge in [0.1, 0.15) is 0 Å². The van der Waals surface area contributed by atoms with Crippen LogP contribution in [0.5, 0.6) is 0 Å². The monoisotopic (exact) mass is 397 g/mol. The van der Waals surface area contributed by atoms with E-state index in [-0.39, 0.29) is 23.5 Å². The number of hydrogen-bond acceptors (Lipinski definition) is 4. The molecule has 0 aliphatic heterocycles. The molecule has 0 fully saturated rings. The molecule has 0 bridgehead atoms. The molecule has 0 spiro atoms. The minimum Gasteiger partial charge on any atom is -0.268 e. The van der Waals surface area contributed by atoms with E-state index >= 15 is 0 Å². The summed E-state index contributed by atoms with van der Waals surface area (Å²) in [6.45, 7) is 5.81. The molecule has 7 heteroatoms. The van der Waals surface area contributed by atoms with Gasteiger partial charge in [0, 0.05) is 18.2 Å². The second-order valence-electron chi connectivity index (χ2n) is 6.75. The zero-order chi connectivity index (χ0) is 20.3. The molecular weight excluding hydrogens is 374 g/mol. The molecular formula is C21H23N3O3S. The van der Waals surface area contributed by atoms with Crippen LogP contribution in [0.1, 0.15) is 16.7 Å². The first-order chi connectivity index (χ1) is 13.3. The maximum atomic E-state index is 12.7. The lowest BCUT2D eigenvalue weighted by Gasteiger charge is -2.12. The molecule has 3 rings (SSSR count). The summed E-state index contributed by atoms with van der Waals surface area (Å²) in [5.41, 5.74) is 3.93. The topological polar surface area (TPSA) is 81.1 Å². The lowest BCUT2D eigenvalue weighted by atomic mass is 10.1. The quantitative estimate of drug-likeness (QED) is 0.694. The van der Waals surface area contributed by atoms with E-state index in [4.69, 9.17) is 0 Å². The molecule has 6 nitrogen and oxygen atoms in total. The largest absolute Gasteiger partial charge is 0.268 e. The van der Waals surface area contributed by atoms with Crippen LogP contribution < -0.4 is 10.3 Å². The van der Waals surface area contributed by atoms with Crippen LogP contribution in [-0.2, 0) is 16.6 Å². The van der Waals surface area contributed by atoms with Crippen molar-refractivity contribution in [2.45, 2.75) is 32.2 Å². The SMILES string of the molecule is Cc1cc(C)c(S(=O)(=O)NCCn2nc(-c3ccccc3)ccc2=O)cc1C. The van der Waals surface area contributed by atoms with Gasteiger partial charge in [-0.3, -0.25) is 4.79 Å². The lowest BCUT2D eigenvalue weighted by molar-refractivity contribution is 0.548. The predicted molar refractivity (Wildman–Crippen MR) is 110 cm³/mol. The van der Waals surface area contributed by atoms with Crippen molar-refractivity contribution in [2.75, 3.05) is 6.54 Å². The van der Waals surface area contributed by atoms with E-state index in [1.165, 1.54) is 10.7 Å². The Bertz CT molecular complexity index is 1150. The van der Waals surface area contributed by atoms with Crippen LogP contribution in [0.3, 0.4) is 0 Å². The van der Waals surface area contributed by atoms with Crippen LogP contribution in [0.4, 0.5) is 0 Å². The predicted octanol–water partition coefficient (Wildman–Crippen LogP) is 2.81. The van der Waals surface area contributed by atoms with Gasteiger partial charge in [0.15, 0.2) is 0 Å². The maximum Gasteiger partial charge on any atom is 0.266 e. The van der Waals surface area contributed by atoms with Gasteiger partial charge in [0.25, 0.3) is 5.56 Å². The second kappa shape index (κ2) is 8.08. The van der Waals surface area contributed by atoms with Gasteiger partial charge in [-0.15, -0.1) is 0 Å². The van der Waals surface area contributed by atoms with Gasteiger partial charge in [-0.25, -0.2) is 17.8 Å². The number of benzene rings is 2. The van der Waals surface area contributed by atoms with Crippen molar-refractivity contribution in [3.8, 4) is 11.3 Å². The van der Waals surface area contributed by atoms with E-state index in [9.17, 15) is 13.2 Å². The number of hydrogen-bond donors (Lipinski definition) is 1. The highest BCUT2D eigenvalue weighted by Gasteiger charge is 2.17. The highest BCUT2D eigenvalue weighted by atomic mass is 32.2. The van der Waals surface area contributed by atoms with Crippen molar-refractivity contribution in [3.63, 3.8) is 0 Å². The Hall–Kier alpha value is -2.77. The molecule has 1 aromatic heterocycles. The Labute approximate surface area is 164 Å². The molecule has 0 radical (unpaired) electrons. The van der Waals surface area contributed by atoms with Crippen LogP contribution in [0.25, 0.3) is 11.3 Å². The van der Waals surface area contributed by atoms with Crippen LogP contribution in [0.2, 0.25) is 0 Å². The fourth-order valence-electron chi connectivity index (χ4n) is 2.96. The van der Waals surface area contributed by atoms with E-state index in [0.29, 0.717) is 11.3 Å². The van der Waals surface area contributed by atoms with Crippen molar-refractivity contribution >= 4 is 10.0 Å². The van der Waals surface area contributed by atoms with E-state index in [1.54, 1.807) is 19.1 Å². The molecule has 28 heavy (non-hydrogen) atoms. The fourth-order valence-corrected chi connectivity index (χ4v) is 4.29. The number of nitrogens with one attached hydrogen (secondary N) is 1. The molecule has 0 aliphatic rings. The summed E-state index contributed by atoms with van der Waals surface area (Å²) in [6.07, 6.45) is 0. The van der Waals surface area contributed by atoms with Crippen LogP contribution in [-0.4, -0.2) is 24.7 Å². The smallest absolute Gasteiger partial charge is 0.266 e. The van der Waals surface area contributed by atoms with Crippen LogP contribution in [0, 0.1) is 20.8 Å². The Morgan fingerprint density at radius 1 is 0.929 bits per heavy atom. The van der Waals surface area contributed by atoms with Gasteiger partial charge < -0.3 is 0 Å². The number of nitrogens with zero attached hydrogens (tertiary/aromatic N) is 2. The molecule has 3 aromatic rings. The third-order valence-electron chi connectivity index (χ3n) is 4.63. The molecule has 146 valence electrons. The van der Waals surface area contributed by atoms with E-state index in [2.05, 4.69) is 9.82 Å². The molecule has 2 aromatic carbocycles. The molecule has 1 heterocycles. The van der Waals surface area contributed by atoms with Crippen LogP contribution in [0.15, 0.2) is 64.3 Å². The Morgan fingerprint density at radius 2 is 1.61 bits per heavy atom. The number of rotatable bonds is 6. The lowest BCUT2D eigenvalue weighted by Crippen LogP contribution is -2.32. The van der Waals surface area contributed by atoms with Gasteiger partial charge in [0.2, 0.25) is 10.0 Å². The third-order valence-corrected chi connectivity index (χ3v) is 6.24. The van der Waals surface area contributed by atoms with Gasteiger partial charge in [0.05, 0.1) is 17.1 Å². The highest BCUT2D eigenvalue weighted by Crippen LogP contribution is 2.19. The maximum absolute atomic E-state index is 12.7. The summed E-state index contributed by atoms with van der Waals surface area (Å²) in [7, 11) is -3.67. The van der Waals surface area contributed by atoms with Crippen molar-refractivity contribution < 1.29 is 8.42 Å². The van der Waals surface area contributed by atoms with E-state index < -0.39 is 10.0 Å². The van der Waals surface area contributed by atoms with Crippen molar-refractivity contribution in [3.05, 3.63) is 81.6 Å². The number of aromatic nitrogens is 2.